The van der Waals surface area contributed by atoms with Gasteiger partial charge in [-0.15, -0.1) is 0 Å². The topological polar surface area (TPSA) is 83.6 Å². The van der Waals surface area contributed by atoms with Crippen molar-refractivity contribution in [1.29, 1.82) is 0 Å². The van der Waals surface area contributed by atoms with Crippen molar-refractivity contribution < 1.29 is 18.0 Å². The van der Waals surface area contributed by atoms with Crippen molar-refractivity contribution in [2.75, 3.05) is 9.62 Å². The van der Waals surface area contributed by atoms with Gasteiger partial charge in [-0.1, -0.05) is 60.1 Å². The van der Waals surface area contributed by atoms with Crippen LogP contribution < -0.4 is 9.62 Å². The van der Waals surface area contributed by atoms with Crippen molar-refractivity contribution in [2.45, 2.75) is 24.3 Å². The van der Waals surface area contributed by atoms with E-state index in [9.17, 15) is 18.0 Å². The van der Waals surface area contributed by atoms with Gasteiger partial charge in [-0.2, -0.15) is 0 Å². The molecule has 0 spiro atoms. The molecule has 0 saturated carbocycles. The first-order valence-corrected chi connectivity index (χ1v) is 13.5. The fraction of sp³-hybridized carbons (Fsp3) is 0.103. The Bertz CT molecular complexity index is 1610. The highest BCUT2D eigenvalue weighted by Crippen LogP contribution is 2.35. The molecule has 0 fully saturated rings. The molecule has 0 aromatic heterocycles. The van der Waals surface area contributed by atoms with E-state index in [-0.39, 0.29) is 33.9 Å². The molecule has 4 aromatic carbocycles. The first kappa shape index (κ1) is 24.7. The van der Waals surface area contributed by atoms with Crippen molar-refractivity contribution in [3.05, 3.63) is 124 Å². The molecule has 0 unspecified atom stereocenters. The maximum Gasteiger partial charge on any atom is 0.261 e. The highest BCUT2D eigenvalue weighted by molar-refractivity contribution is 7.92. The van der Waals surface area contributed by atoms with Gasteiger partial charge in [0.25, 0.3) is 15.9 Å². The van der Waals surface area contributed by atoms with E-state index in [1.807, 2.05) is 25.1 Å². The van der Waals surface area contributed by atoms with Gasteiger partial charge < -0.3 is 4.90 Å². The second kappa shape index (κ2) is 9.84. The van der Waals surface area contributed by atoms with Crippen LogP contribution in [0.25, 0.3) is 0 Å². The third-order valence-corrected chi connectivity index (χ3v) is 7.92. The van der Waals surface area contributed by atoms with Crippen LogP contribution in [-0.4, -0.2) is 26.2 Å². The first-order chi connectivity index (χ1) is 17.7. The summed E-state index contributed by atoms with van der Waals surface area (Å²) in [5.74, 6) is -0.482. The van der Waals surface area contributed by atoms with Crippen molar-refractivity contribution in [1.82, 2.24) is 0 Å². The highest BCUT2D eigenvalue weighted by atomic mass is 35.5. The molecule has 6 nitrogen and oxygen atoms in total. The summed E-state index contributed by atoms with van der Waals surface area (Å²) in [7, 11) is -4.04. The summed E-state index contributed by atoms with van der Waals surface area (Å²) in [5, 5.41) is 0.317. The zero-order valence-corrected chi connectivity index (χ0v) is 21.5. The maximum absolute atomic E-state index is 13.4. The SMILES string of the molecule is C[C@H]1Cc2cc(S(=O)(=O)Nc3ccc(Cl)cc3C(=O)c3ccccc3)ccc2N1C(=O)c1ccccc1. The quantitative estimate of drug-likeness (QED) is 0.312. The molecule has 1 heterocycles. The molecule has 1 aliphatic heterocycles. The Morgan fingerprint density at radius 1 is 0.865 bits per heavy atom. The molecule has 0 bridgehead atoms. The number of rotatable bonds is 6. The molecular weight excluding hydrogens is 508 g/mol. The van der Waals surface area contributed by atoms with Crippen LogP contribution in [0, 0.1) is 0 Å². The van der Waals surface area contributed by atoms with Gasteiger partial charge in [-0.05, 0) is 67.4 Å². The van der Waals surface area contributed by atoms with E-state index in [0.29, 0.717) is 28.3 Å². The van der Waals surface area contributed by atoms with Crippen LogP contribution >= 0.6 is 11.6 Å². The van der Waals surface area contributed by atoms with Crippen LogP contribution in [0.5, 0.6) is 0 Å². The van der Waals surface area contributed by atoms with Crippen LogP contribution in [-0.2, 0) is 16.4 Å². The van der Waals surface area contributed by atoms with E-state index in [1.54, 1.807) is 59.5 Å². The number of anilines is 2. The number of nitrogens with one attached hydrogen (secondary N) is 1. The number of sulfonamides is 1. The summed E-state index contributed by atoms with van der Waals surface area (Å²) >= 11 is 6.14. The number of benzene rings is 4. The second-order valence-corrected chi connectivity index (χ2v) is 11.0. The van der Waals surface area contributed by atoms with Gasteiger partial charge >= 0.3 is 0 Å². The lowest BCUT2D eigenvalue weighted by atomic mass is 10.0. The molecule has 1 atom stereocenters. The summed E-state index contributed by atoms with van der Waals surface area (Å²) in [6, 6.07) is 26.6. The van der Waals surface area contributed by atoms with Crippen molar-refractivity contribution in [3.8, 4) is 0 Å². The highest BCUT2D eigenvalue weighted by Gasteiger charge is 2.33. The van der Waals surface area contributed by atoms with E-state index in [1.165, 1.54) is 24.3 Å². The number of carbonyl (C=O) groups is 2. The first-order valence-electron chi connectivity index (χ1n) is 11.7. The number of fused-ring (bicyclic) bond motifs is 1. The predicted molar refractivity (Wildman–Crippen MR) is 145 cm³/mol. The molecule has 0 saturated heterocycles. The lowest BCUT2D eigenvalue weighted by molar-refractivity contribution is 0.0980. The summed E-state index contributed by atoms with van der Waals surface area (Å²) in [5.41, 5.74) is 2.71. The molecule has 8 heteroatoms. The van der Waals surface area contributed by atoms with E-state index in [4.69, 9.17) is 11.6 Å². The van der Waals surface area contributed by atoms with Gasteiger partial charge in [0.15, 0.2) is 5.78 Å². The smallest absolute Gasteiger partial charge is 0.261 e. The van der Waals surface area contributed by atoms with Gasteiger partial charge in [0.05, 0.1) is 10.6 Å². The number of hydrogen-bond acceptors (Lipinski definition) is 4. The normalized spacial score (nSPS) is 14.8. The zero-order valence-electron chi connectivity index (χ0n) is 19.9. The number of hydrogen-bond donors (Lipinski definition) is 1. The van der Waals surface area contributed by atoms with Crippen molar-refractivity contribution >= 4 is 44.7 Å². The Balaban J connectivity index is 1.46. The van der Waals surface area contributed by atoms with Gasteiger partial charge in [0.1, 0.15) is 0 Å². The van der Waals surface area contributed by atoms with E-state index in [0.717, 1.165) is 5.56 Å². The van der Waals surface area contributed by atoms with E-state index in [2.05, 4.69) is 4.72 Å². The van der Waals surface area contributed by atoms with Gasteiger partial charge in [0, 0.05) is 33.4 Å². The lowest BCUT2D eigenvalue weighted by Crippen LogP contribution is -2.35. The average Bonchev–Trinajstić information content (AvgIpc) is 3.24. The molecular formula is C29H23ClN2O4S. The maximum atomic E-state index is 13.4. The zero-order chi connectivity index (χ0) is 26.2. The Kier molecular flexibility index (Phi) is 6.58. The number of halogens is 1. The van der Waals surface area contributed by atoms with Gasteiger partial charge in [0.2, 0.25) is 0 Å². The third-order valence-electron chi connectivity index (χ3n) is 6.32. The fourth-order valence-corrected chi connectivity index (χ4v) is 5.85. The minimum Gasteiger partial charge on any atom is -0.305 e. The van der Waals surface area contributed by atoms with Gasteiger partial charge in [-0.3, -0.25) is 14.3 Å². The number of nitrogens with zero attached hydrogens (tertiary/aromatic N) is 1. The minimum absolute atomic E-state index is 0.0421. The molecule has 186 valence electrons. The standard InChI is InChI=1S/C29H23ClN2O4S/c1-19-16-22-17-24(13-15-27(22)32(19)29(34)21-10-6-3-7-11-21)37(35,36)31-26-14-12-23(30)18-25(26)28(33)20-8-4-2-5-9-20/h2-15,17-19,31H,16H2,1H3/t19-/m0/s1. The number of carbonyl (C=O) groups excluding carboxylic acids is 2. The van der Waals surface area contributed by atoms with Crippen LogP contribution in [0.1, 0.15) is 38.8 Å². The second-order valence-electron chi connectivity index (χ2n) is 8.88. The van der Waals surface area contributed by atoms with E-state index >= 15 is 0 Å². The molecule has 1 amide bonds. The minimum atomic E-state index is -4.04. The molecule has 4 aromatic rings. The summed E-state index contributed by atoms with van der Waals surface area (Å²) < 4.78 is 29.3. The molecule has 5 rings (SSSR count). The van der Waals surface area contributed by atoms with Crippen LogP contribution in [0.3, 0.4) is 0 Å². The molecule has 37 heavy (non-hydrogen) atoms. The Morgan fingerprint density at radius 2 is 1.51 bits per heavy atom. The van der Waals surface area contributed by atoms with E-state index < -0.39 is 10.0 Å². The molecule has 1 aliphatic rings. The van der Waals surface area contributed by atoms with Crippen LogP contribution in [0.15, 0.2) is 102 Å². The Labute approximate surface area is 220 Å². The monoisotopic (exact) mass is 530 g/mol. The summed E-state index contributed by atoms with van der Waals surface area (Å²) in [4.78, 5) is 28.0. The Hall–Kier alpha value is -3.94. The van der Waals surface area contributed by atoms with Gasteiger partial charge in [-0.25, -0.2) is 8.42 Å². The summed E-state index contributed by atoms with van der Waals surface area (Å²) in [6.07, 6.45) is 0.524. The largest absolute Gasteiger partial charge is 0.305 e. The summed E-state index contributed by atoms with van der Waals surface area (Å²) in [6.45, 7) is 1.93. The number of ketones is 1. The number of amides is 1. The molecule has 0 aliphatic carbocycles. The fourth-order valence-electron chi connectivity index (χ4n) is 4.55. The van der Waals surface area contributed by atoms with Crippen molar-refractivity contribution in [2.24, 2.45) is 0 Å². The lowest BCUT2D eigenvalue weighted by Gasteiger charge is -2.23. The average molecular weight is 531 g/mol. The molecule has 1 N–H and O–H groups in total. The Morgan fingerprint density at radius 3 is 2.19 bits per heavy atom. The van der Waals surface area contributed by atoms with Crippen LogP contribution in [0.4, 0.5) is 11.4 Å². The van der Waals surface area contributed by atoms with Crippen molar-refractivity contribution in [3.63, 3.8) is 0 Å². The third kappa shape index (κ3) is 4.88. The predicted octanol–water partition coefficient (Wildman–Crippen LogP) is 5.96. The molecule has 0 radical (unpaired) electrons. The van der Waals surface area contributed by atoms with Crippen LogP contribution in [0.2, 0.25) is 5.02 Å².